The number of ether oxygens (including phenoxy) is 1. The van der Waals surface area contributed by atoms with Crippen LogP contribution in [0.1, 0.15) is 11.1 Å². The summed E-state index contributed by atoms with van der Waals surface area (Å²) in [5, 5.41) is -0.674. The fourth-order valence-electron chi connectivity index (χ4n) is 1.73. The van der Waals surface area contributed by atoms with Crippen molar-refractivity contribution in [2.45, 2.75) is 18.4 Å². The van der Waals surface area contributed by atoms with E-state index < -0.39 is 16.0 Å². The first-order valence-electron chi connectivity index (χ1n) is 6.62. The lowest BCUT2D eigenvalue weighted by Gasteiger charge is -2.02. The van der Waals surface area contributed by atoms with Crippen LogP contribution < -0.4 is 0 Å². The largest absolute Gasteiger partial charge is 0.373 e. The van der Waals surface area contributed by atoms with Gasteiger partial charge in [-0.2, -0.15) is 4.39 Å². The smallest absolute Gasteiger partial charge is 0.190 e. The molecule has 0 aliphatic rings. The molecule has 0 saturated heterocycles. The average molecular weight is 304 g/mol. The zero-order chi connectivity index (χ0) is 15.1. The molecule has 2 rings (SSSR count). The zero-order valence-electron chi connectivity index (χ0n) is 11.8. The van der Waals surface area contributed by atoms with E-state index in [4.69, 9.17) is 4.74 Å². The SMILES string of the molecule is Cc1ccc(S(=O)C(F)=CCOCc2ccccc2)cc1. The van der Waals surface area contributed by atoms with Gasteiger partial charge in [0.2, 0.25) is 0 Å². The second-order valence-electron chi connectivity index (χ2n) is 4.59. The van der Waals surface area contributed by atoms with Crippen LogP contribution in [0.15, 0.2) is 70.7 Å². The second-order valence-corrected chi connectivity index (χ2v) is 5.99. The van der Waals surface area contributed by atoms with E-state index in [0.29, 0.717) is 11.5 Å². The summed E-state index contributed by atoms with van der Waals surface area (Å²) in [7, 11) is -1.77. The monoisotopic (exact) mass is 304 g/mol. The molecule has 0 bridgehead atoms. The van der Waals surface area contributed by atoms with Crippen LogP contribution in [-0.2, 0) is 22.1 Å². The molecule has 0 spiro atoms. The summed E-state index contributed by atoms with van der Waals surface area (Å²) in [4.78, 5) is 0.456. The molecule has 110 valence electrons. The molecule has 2 nitrogen and oxygen atoms in total. The first-order chi connectivity index (χ1) is 10.2. The van der Waals surface area contributed by atoms with E-state index in [1.54, 1.807) is 12.1 Å². The van der Waals surface area contributed by atoms with Gasteiger partial charge in [0.15, 0.2) is 5.16 Å². The fourth-order valence-corrected chi connectivity index (χ4v) is 2.55. The van der Waals surface area contributed by atoms with Crippen LogP contribution in [0, 0.1) is 6.92 Å². The van der Waals surface area contributed by atoms with Gasteiger partial charge in [-0.3, -0.25) is 0 Å². The predicted molar refractivity (Wildman–Crippen MR) is 82.9 cm³/mol. The first kappa shape index (κ1) is 15.6. The molecule has 0 heterocycles. The molecule has 0 aliphatic heterocycles. The van der Waals surface area contributed by atoms with Gasteiger partial charge in [-0.05, 0) is 30.7 Å². The Morgan fingerprint density at radius 2 is 1.81 bits per heavy atom. The zero-order valence-corrected chi connectivity index (χ0v) is 12.6. The first-order valence-corrected chi connectivity index (χ1v) is 7.77. The number of hydrogen-bond acceptors (Lipinski definition) is 2. The topological polar surface area (TPSA) is 26.3 Å². The van der Waals surface area contributed by atoms with Crippen molar-refractivity contribution in [3.8, 4) is 0 Å². The van der Waals surface area contributed by atoms with E-state index in [1.165, 1.54) is 6.08 Å². The van der Waals surface area contributed by atoms with Crippen LogP contribution in [0.2, 0.25) is 0 Å². The van der Waals surface area contributed by atoms with Gasteiger partial charge in [-0.1, -0.05) is 48.0 Å². The second kappa shape index (κ2) is 7.86. The molecule has 21 heavy (non-hydrogen) atoms. The lowest BCUT2D eigenvalue weighted by molar-refractivity contribution is 0.148. The van der Waals surface area contributed by atoms with Crippen molar-refractivity contribution in [3.63, 3.8) is 0 Å². The van der Waals surface area contributed by atoms with E-state index >= 15 is 0 Å². The number of rotatable bonds is 6. The van der Waals surface area contributed by atoms with Gasteiger partial charge in [-0.25, -0.2) is 4.21 Å². The lowest BCUT2D eigenvalue weighted by atomic mass is 10.2. The summed E-state index contributed by atoms with van der Waals surface area (Å²) in [5.74, 6) is 0. The summed E-state index contributed by atoms with van der Waals surface area (Å²) in [6.45, 7) is 2.43. The Kier molecular flexibility index (Phi) is 5.84. The highest BCUT2D eigenvalue weighted by molar-refractivity contribution is 7.88. The molecule has 0 saturated carbocycles. The van der Waals surface area contributed by atoms with Gasteiger partial charge in [0.25, 0.3) is 0 Å². The van der Waals surface area contributed by atoms with E-state index in [9.17, 15) is 8.60 Å². The van der Waals surface area contributed by atoms with Gasteiger partial charge in [0.1, 0.15) is 10.8 Å². The Hall–Kier alpha value is -1.78. The number of hydrogen-bond donors (Lipinski definition) is 0. The molecule has 4 heteroatoms. The third-order valence-electron chi connectivity index (χ3n) is 2.89. The summed E-state index contributed by atoms with van der Waals surface area (Å²) in [5.41, 5.74) is 2.07. The Morgan fingerprint density at radius 1 is 1.14 bits per heavy atom. The maximum Gasteiger partial charge on any atom is 0.190 e. The highest BCUT2D eigenvalue weighted by atomic mass is 32.2. The number of aryl methyl sites for hydroxylation is 1. The minimum Gasteiger partial charge on any atom is -0.373 e. The summed E-state index contributed by atoms with van der Waals surface area (Å²) >= 11 is 0. The van der Waals surface area contributed by atoms with Crippen LogP contribution in [0.5, 0.6) is 0 Å². The minimum absolute atomic E-state index is 0.0956. The van der Waals surface area contributed by atoms with E-state index in [1.807, 2.05) is 49.4 Å². The molecule has 1 unspecified atom stereocenters. The van der Waals surface area contributed by atoms with Crippen LogP contribution in [0.3, 0.4) is 0 Å². The summed E-state index contributed by atoms with van der Waals surface area (Å²) < 4.78 is 31.1. The average Bonchev–Trinajstić information content (AvgIpc) is 2.52. The van der Waals surface area contributed by atoms with Crippen LogP contribution in [0.25, 0.3) is 0 Å². The van der Waals surface area contributed by atoms with Crippen molar-refractivity contribution in [1.82, 2.24) is 0 Å². The fraction of sp³-hybridized carbons (Fsp3) is 0.176. The molecular weight excluding hydrogens is 287 g/mol. The van der Waals surface area contributed by atoms with Crippen LogP contribution in [0.4, 0.5) is 4.39 Å². The molecule has 2 aromatic rings. The number of halogens is 1. The van der Waals surface area contributed by atoms with Crippen molar-refractivity contribution >= 4 is 10.8 Å². The normalized spacial score (nSPS) is 13.1. The summed E-state index contributed by atoms with van der Waals surface area (Å²) in [6, 6.07) is 16.6. The maximum atomic E-state index is 13.8. The van der Waals surface area contributed by atoms with E-state index in [-0.39, 0.29) is 6.61 Å². The Balaban J connectivity index is 1.86. The maximum absolute atomic E-state index is 13.8. The van der Waals surface area contributed by atoms with E-state index in [2.05, 4.69) is 0 Å². The molecule has 0 radical (unpaired) electrons. The van der Waals surface area contributed by atoms with Crippen molar-refractivity contribution in [3.05, 3.63) is 77.0 Å². The molecule has 0 fully saturated rings. The van der Waals surface area contributed by atoms with Crippen molar-refractivity contribution < 1.29 is 13.3 Å². The molecule has 0 amide bonds. The van der Waals surface area contributed by atoms with Crippen molar-refractivity contribution in [2.24, 2.45) is 0 Å². The standard InChI is InChI=1S/C17H17FO2S/c1-14-7-9-16(10-8-14)21(19)17(18)11-12-20-13-15-5-3-2-4-6-15/h2-11H,12-13H2,1H3. The predicted octanol–water partition coefficient (Wildman–Crippen LogP) is 4.13. The Bertz CT molecular complexity index is 621. The molecular formula is C17H17FO2S. The van der Waals surface area contributed by atoms with Crippen LogP contribution >= 0.6 is 0 Å². The van der Waals surface area contributed by atoms with Crippen LogP contribution in [-0.4, -0.2) is 10.8 Å². The third-order valence-corrected chi connectivity index (χ3v) is 4.11. The van der Waals surface area contributed by atoms with E-state index in [0.717, 1.165) is 11.1 Å². The molecule has 2 aromatic carbocycles. The summed E-state index contributed by atoms with van der Waals surface area (Å²) in [6.07, 6.45) is 1.22. The van der Waals surface area contributed by atoms with Gasteiger partial charge in [0, 0.05) is 4.90 Å². The molecule has 0 N–H and O–H groups in total. The minimum atomic E-state index is -1.77. The Labute approximate surface area is 126 Å². The third kappa shape index (κ3) is 4.92. The highest BCUT2D eigenvalue weighted by Crippen LogP contribution is 2.16. The molecule has 1 atom stereocenters. The van der Waals surface area contributed by atoms with Gasteiger partial charge < -0.3 is 4.74 Å². The number of benzene rings is 2. The van der Waals surface area contributed by atoms with Crippen molar-refractivity contribution in [1.29, 1.82) is 0 Å². The van der Waals surface area contributed by atoms with Gasteiger partial charge in [0.05, 0.1) is 13.2 Å². The Morgan fingerprint density at radius 3 is 2.48 bits per heavy atom. The molecule has 0 aromatic heterocycles. The van der Waals surface area contributed by atoms with Gasteiger partial charge in [-0.15, -0.1) is 0 Å². The lowest BCUT2D eigenvalue weighted by Crippen LogP contribution is -1.96. The van der Waals surface area contributed by atoms with Gasteiger partial charge >= 0.3 is 0 Å². The highest BCUT2D eigenvalue weighted by Gasteiger charge is 2.09. The van der Waals surface area contributed by atoms with Crippen molar-refractivity contribution in [2.75, 3.05) is 6.61 Å². The quantitative estimate of drug-likeness (QED) is 0.750. The molecule has 0 aliphatic carbocycles.